The van der Waals surface area contributed by atoms with Crippen LogP contribution in [-0.2, 0) is 0 Å². The van der Waals surface area contributed by atoms with Crippen LogP contribution in [0.1, 0.15) is 47.5 Å². The molecular formula is C16H31N. The topological polar surface area (TPSA) is 3.24 Å². The molecule has 0 bridgehead atoms. The van der Waals surface area contributed by atoms with E-state index in [1.807, 2.05) is 19.9 Å². The van der Waals surface area contributed by atoms with Gasteiger partial charge in [-0.1, -0.05) is 58.6 Å². The van der Waals surface area contributed by atoms with Crippen LogP contribution in [0.25, 0.3) is 0 Å². The van der Waals surface area contributed by atoms with Crippen molar-refractivity contribution in [2.45, 2.75) is 47.5 Å². The maximum Gasteiger partial charge on any atom is 0.00217 e. The Morgan fingerprint density at radius 1 is 1.18 bits per heavy atom. The quantitative estimate of drug-likeness (QED) is 0.547. The fourth-order valence-corrected chi connectivity index (χ4v) is 1.62. The van der Waals surface area contributed by atoms with Crippen molar-refractivity contribution in [1.29, 1.82) is 0 Å². The fraction of sp³-hybridized carbons (Fsp3) is 0.625. The van der Waals surface area contributed by atoms with E-state index in [0.717, 1.165) is 19.5 Å². The summed E-state index contributed by atoms with van der Waals surface area (Å²) >= 11 is 0. The van der Waals surface area contributed by atoms with Gasteiger partial charge in [-0.25, -0.2) is 0 Å². The standard InChI is InChI=1S/C14H25N.C2H6/c1-5-9-14(10-6-2)11-13-15(8-4)12-7-3;1-2/h5-6,9-10H,1,7-8,11-13H2,2-4H3;1-2H3/b10-6+,14-9+;. The van der Waals surface area contributed by atoms with E-state index in [1.54, 1.807) is 0 Å². The molecule has 0 amide bonds. The van der Waals surface area contributed by atoms with Crippen LogP contribution in [0, 0.1) is 0 Å². The molecule has 0 rings (SSSR count). The van der Waals surface area contributed by atoms with Crippen molar-refractivity contribution in [2.75, 3.05) is 19.6 Å². The van der Waals surface area contributed by atoms with Crippen molar-refractivity contribution in [3.63, 3.8) is 0 Å². The lowest BCUT2D eigenvalue weighted by Crippen LogP contribution is -2.25. The SMILES string of the molecule is C=C/C=C(\C=C\C)CCN(CC)CCC.CC. The molecule has 0 aromatic heterocycles. The Kier molecular flexibility index (Phi) is 16.6. The molecule has 0 saturated heterocycles. The van der Waals surface area contributed by atoms with E-state index in [0.29, 0.717) is 0 Å². The van der Waals surface area contributed by atoms with Gasteiger partial charge in [0.1, 0.15) is 0 Å². The zero-order valence-electron chi connectivity index (χ0n) is 12.5. The second kappa shape index (κ2) is 15.2. The molecule has 0 aromatic carbocycles. The molecule has 0 heterocycles. The lowest BCUT2D eigenvalue weighted by molar-refractivity contribution is 0.293. The number of allylic oxidation sites excluding steroid dienone is 4. The lowest BCUT2D eigenvalue weighted by Gasteiger charge is -2.19. The van der Waals surface area contributed by atoms with E-state index < -0.39 is 0 Å². The first-order valence-electron chi connectivity index (χ1n) is 6.95. The molecule has 0 fully saturated rings. The minimum absolute atomic E-state index is 1.12. The summed E-state index contributed by atoms with van der Waals surface area (Å²) in [5, 5.41) is 0. The number of hydrogen-bond donors (Lipinski definition) is 0. The maximum absolute atomic E-state index is 3.74. The zero-order valence-corrected chi connectivity index (χ0v) is 12.5. The Morgan fingerprint density at radius 2 is 1.82 bits per heavy atom. The molecule has 0 spiro atoms. The Labute approximate surface area is 109 Å². The summed E-state index contributed by atoms with van der Waals surface area (Å²) in [7, 11) is 0. The van der Waals surface area contributed by atoms with Crippen molar-refractivity contribution < 1.29 is 0 Å². The zero-order chi connectivity index (χ0) is 13.5. The van der Waals surface area contributed by atoms with Gasteiger partial charge < -0.3 is 4.90 Å². The van der Waals surface area contributed by atoms with Crippen LogP contribution in [0.3, 0.4) is 0 Å². The predicted octanol–water partition coefficient (Wildman–Crippen LogP) is 4.82. The molecular weight excluding hydrogens is 206 g/mol. The van der Waals surface area contributed by atoms with Crippen LogP contribution >= 0.6 is 0 Å². The lowest BCUT2D eigenvalue weighted by atomic mass is 10.1. The highest BCUT2D eigenvalue weighted by atomic mass is 15.1. The average molecular weight is 237 g/mol. The van der Waals surface area contributed by atoms with Gasteiger partial charge in [0.2, 0.25) is 0 Å². The Hall–Kier alpha value is -0.820. The minimum Gasteiger partial charge on any atom is -0.303 e. The fourth-order valence-electron chi connectivity index (χ4n) is 1.62. The summed E-state index contributed by atoms with van der Waals surface area (Å²) in [6.07, 6.45) is 10.6. The first-order valence-corrected chi connectivity index (χ1v) is 6.95. The summed E-state index contributed by atoms with van der Waals surface area (Å²) < 4.78 is 0. The average Bonchev–Trinajstić information content (AvgIpc) is 2.37. The van der Waals surface area contributed by atoms with Crippen molar-refractivity contribution in [1.82, 2.24) is 4.90 Å². The summed E-state index contributed by atoms with van der Waals surface area (Å²) in [6, 6.07) is 0. The molecule has 0 radical (unpaired) electrons. The molecule has 1 heteroatoms. The predicted molar refractivity (Wildman–Crippen MR) is 81.5 cm³/mol. The Balaban J connectivity index is 0. The van der Waals surface area contributed by atoms with Crippen LogP contribution in [0.15, 0.2) is 36.5 Å². The van der Waals surface area contributed by atoms with Crippen LogP contribution < -0.4 is 0 Å². The highest BCUT2D eigenvalue weighted by Crippen LogP contribution is 2.06. The molecule has 100 valence electrons. The van der Waals surface area contributed by atoms with Gasteiger partial charge in [-0.15, -0.1) is 0 Å². The van der Waals surface area contributed by atoms with E-state index in [-0.39, 0.29) is 0 Å². The first-order chi connectivity index (χ1) is 8.28. The van der Waals surface area contributed by atoms with Gasteiger partial charge in [0.05, 0.1) is 0 Å². The van der Waals surface area contributed by atoms with Crippen LogP contribution in [0.4, 0.5) is 0 Å². The smallest absolute Gasteiger partial charge is 0.00217 e. The van der Waals surface area contributed by atoms with Crippen molar-refractivity contribution in [3.8, 4) is 0 Å². The first kappa shape index (κ1) is 18.5. The van der Waals surface area contributed by atoms with Gasteiger partial charge in [-0.3, -0.25) is 0 Å². The molecule has 0 aliphatic rings. The highest BCUT2D eigenvalue weighted by Gasteiger charge is 2.00. The highest BCUT2D eigenvalue weighted by molar-refractivity contribution is 5.22. The molecule has 17 heavy (non-hydrogen) atoms. The molecule has 0 saturated carbocycles. The molecule has 0 N–H and O–H groups in total. The van der Waals surface area contributed by atoms with Gasteiger partial charge >= 0.3 is 0 Å². The van der Waals surface area contributed by atoms with Crippen molar-refractivity contribution in [3.05, 3.63) is 36.5 Å². The number of nitrogens with zero attached hydrogens (tertiary/aromatic N) is 1. The largest absolute Gasteiger partial charge is 0.303 e. The molecule has 0 unspecified atom stereocenters. The molecule has 0 aliphatic heterocycles. The van der Waals surface area contributed by atoms with Gasteiger partial charge in [-0.2, -0.15) is 0 Å². The summed E-state index contributed by atoms with van der Waals surface area (Å²) in [5.74, 6) is 0. The van der Waals surface area contributed by atoms with E-state index in [2.05, 4.69) is 50.5 Å². The Bertz CT molecular complexity index is 214. The number of hydrogen-bond acceptors (Lipinski definition) is 1. The van der Waals surface area contributed by atoms with Gasteiger partial charge in [0, 0.05) is 6.54 Å². The summed E-state index contributed by atoms with van der Waals surface area (Å²) in [5.41, 5.74) is 1.36. The van der Waals surface area contributed by atoms with Gasteiger partial charge in [-0.05, 0) is 38.4 Å². The van der Waals surface area contributed by atoms with E-state index >= 15 is 0 Å². The molecule has 0 aromatic rings. The third-order valence-electron chi connectivity index (χ3n) is 2.42. The number of rotatable bonds is 8. The van der Waals surface area contributed by atoms with Crippen LogP contribution in [0.5, 0.6) is 0 Å². The molecule has 0 aliphatic carbocycles. The summed E-state index contributed by atoms with van der Waals surface area (Å²) in [4.78, 5) is 2.49. The monoisotopic (exact) mass is 237 g/mol. The van der Waals surface area contributed by atoms with Crippen molar-refractivity contribution in [2.24, 2.45) is 0 Å². The summed E-state index contributed by atoms with van der Waals surface area (Å²) in [6.45, 7) is 17.7. The second-order valence-electron chi connectivity index (χ2n) is 3.66. The van der Waals surface area contributed by atoms with E-state index in [9.17, 15) is 0 Å². The van der Waals surface area contributed by atoms with E-state index in [1.165, 1.54) is 18.5 Å². The van der Waals surface area contributed by atoms with Gasteiger partial charge in [0.25, 0.3) is 0 Å². The minimum atomic E-state index is 1.12. The van der Waals surface area contributed by atoms with Gasteiger partial charge in [0.15, 0.2) is 0 Å². The third-order valence-corrected chi connectivity index (χ3v) is 2.42. The maximum atomic E-state index is 3.74. The third kappa shape index (κ3) is 11.4. The van der Waals surface area contributed by atoms with Crippen LogP contribution in [0.2, 0.25) is 0 Å². The van der Waals surface area contributed by atoms with Crippen molar-refractivity contribution >= 4 is 0 Å². The van der Waals surface area contributed by atoms with E-state index in [4.69, 9.17) is 0 Å². The van der Waals surface area contributed by atoms with Crippen LogP contribution in [-0.4, -0.2) is 24.5 Å². The Morgan fingerprint density at radius 3 is 2.24 bits per heavy atom. The molecule has 0 atom stereocenters. The second-order valence-corrected chi connectivity index (χ2v) is 3.66. The molecule has 1 nitrogen and oxygen atoms in total. The normalized spacial score (nSPS) is 11.5.